The number of nitrogens with one attached hydrogen (secondary N) is 1. The molecular formula is C21H23N3O4S. The number of benzene rings is 1. The zero-order valence-corrected chi connectivity index (χ0v) is 17.0. The van der Waals surface area contributed by atoms with Crippen LogP contribution in [-0.4, -0.2) is 30.1 Å². The van der Waals surface area contributed by atoms with Gasteiger partial charge in [-0.1, -0.05) is 25.0 Å². The monoisotopic (exact) mass is 413 g/mol. The van der Waals surface area contributed by atoms with E-state index in [1.54, 1.807) is 37.4 Å². The predicted molar refractivity (Wildman–Crippen MR) is 107 cm³/mol. The summed E-state index contributed by atoms with van der Waals surface area (Å²) in [5.41, 5.74) is 1.56. The van der Waals surface area contributed by atoms with Crippen molar-refractivity contribution in [3.63, 3.8) is 0 Å². The van der Waals surface area contributed by atoms with Gasteiger partial charge in [0.2, 0.25) is 11.8 Å². The van der Waals surface area contributed by atoms with Crippen LogP contribution in [0.1, 0.15) is 36.8 Å². The number of hydrogen-bond donors (Lipinski definition) is 1. The molecule has 1 aliphatic heterocycles. The number of likely N-dealkylation sites (tertiary alicyclic amines) is 1. The van der Waals surface area contributed by atoms with E-state index in [4.69, 9.17) is 0 Å². The van der Waals surface area contributed by atoms with E-state index in [2.05, 4.69) is 9.71 Å². The standard InChI is InChI=1S/C21H23N3O4S/c1-14-8-9-15(11-19(14)29(27,28)23-16-5-4-10-22-12-16)13-24-20(25)17-6-2-3-7-18(17)21(24)26/h4-5,8-12,17-18,23H,2-3,6-7,13H2,1H3/t17-,18-/m0/s1. The predicted octanol–water partition coefficient (Wildman–Crippen LogP) is 2.87. The molecule has 2 aromatic rings. The average molecular weight is 413 g/mol. The van der Waals surface area contributed by atoms with E-state index >= 15 is 0 Å². The van der Waals surface area contributed by atoms with Crippen molar-refractivity contribution >= 4 is 27.5 Å². The van der Waals surface area contributed by atoms with Crippen LogP contribution in [0.25, 0.3) is 0 Å². The summed E-state index contributed by atoms with van der Waals surface area (Å²) >= 11 is 0. The van der Waals surface area contributed by atoms with Gasteiger partial charge >= 0.3 is 0 Å². The van der Waals surface area contributed by atoms with E-state index in [0.717, 1.165) is 25.7 Å². The summed E-state index contributed by atoms with van der Waals surface area (Å²) in [6, 6.07) is 8.26. The SMILES string of the molecule is Cc1ccc(CN2C(=O)[C@H]3CCCC[C@@H]3C2=O)cc1S(=O)(=O)Nc1cccnc1. The van der Waals surface area contributed by atoms with Crippen molar-refractivity contribution in [3.8, 4) is 0 Å². The van der Waals surface area contributed by atoms with Crippen molar-refractivity contribution in [2.45, 2.75) is 44.0 Å². The fraction of sp³-hybridized carbons (Fsp3) is 0.381. The van der Waals surface area contributed by atoms with Crippen LogP contribution in [0.2, 0.25) is 0 Å². The molecule has 1 saturated carbocycles. The highest BCUT2D eigenvalue weighted by molar-refractivity contribution is 7.92. The number of aromatic nitrogens is 1. The molecule has 1 saturated heterocycles. The van der Waals surface area contributed by atoms with Gasteiger partial charge in [-0.2, -0.15) is 0 Å². The van der Waals surface area contributed by atoms with E-state index in [0.29, 0.717) is 16.8 Å². The number of aryl methyl sites for hydroxylation is 1. The second-order valence-electron chi connectivity index (χ2n) is 7.71. The Bertz CT molecular complexity index is 1030. The highest BCUT2D eigenvalue weighted by atomic mass is 32.2. The van der Waals surface area contributed by atoms with Crippen LogP contribution >= 0.6 is 0 Å². The number of hydrogen-bond acceptors (Lipinski definition) is 5. The third-order valence-electron chi connectivity index (χ3n) is 5.73. The molecule has 0 unspecified atom stereocenters. The van der Waals surface area contributed by atoms with Gasteiger partial charge in [-0.3, -0.25) is 24.2 Å². The maximum Gasteiger partial charge on any atom is 0.262 e. The summed E-state index contributed by atoms with van der Waals surface area (Å²) in [5, 5.41) is 0. The topological polar surface area (TPSA) is 96.4 Å². The molecule has 2 fully saturated rings. The van der Waals surface area contributed by atoms with Crippen molar-refractivity contribution in [1.82, 2.24) is 9.88 Å². The Morgan fingerprint density at radius 2 is 1.79 bits per heavy atom. The number of sulfonamides is 1. The molecule has 1 N–H and O–H groups in total. The molecular weight excluding hydrogens is 390 g/mol. The van der Waals surface area contributed by atoms with Crippen LogP contribution < -0.4 is 4.72 Å². The van der Waals surface area contributed by atoms with Crippen molar-refractivity contribution in [2.75, 3.05) is 4.72 Å². The summed E-state index contributed by atoms with van der Waals surface area (Å²) in [4.78, 5) is 30.8. The zero-order valence-electron chi connectivity index (χ0n) is 16.2. The normalized spacial score (nSPS) is 21.9. The maximum atomic E-state index is 12.9. The summed E-state index contributed by atoms with van der Waals surface area (Å²) in [6.07, 6.45) is 6.45. The lowest BCUT2D eigenvalue weighted by molar-refractivity contribution is -0.140. The Hall–Kier alpha value is -2.74. The molecule has 1 aliphatic carbocycles. The van der Waals surface area contributed by atoms with Gasteiger partial charge in [0.25, 0.3) is 10.0 Å². The lowest BCUT2D eigenvalue weighted by atomic mass is 9.81. The highest BCUT2D eigenvalue weighted by Crippen LogP contribution is 2.38. The smallest absolute Gasteiger partial charge is 0.262 e. The number of nitrogens with zero attached hydrogens (tertiary/aromatic N) is 2. The number of anilines is 1. The minimum absolute atomic E-state index is 0.0976. The molecule has 0 spiro atoms. The first-order valence-corrected chi connectivity index (χ1v) is 11.2. The molecule has 1 aromatic heterocycles. The Balaban J connectivity index is 1.59. The van der Waals surface area contributed by atoms with Gasteiger partial charge in [0.15, 0.2) is 0 Å². The number of imide groups is 1. The summed E-state index contributed by atoms with van der Waals surface area (Å²) in [7, 11) is -3.83. The van der Waals surface area contributed by atoms with Gasteiger partial charge in [0.05, 0.1) is 35.2 Å². The van der Waals surface area contributed by atoms with Gasteiger partial charge in [0.1, 0.15) is 0 Å². The largest absolute Gasteiger partial charge is 0.278 e. The van der Waals surface area contributed by atoms with E-state index in [1.807, 2.05) is 0 Å². The number of amides is 2. The van der Waals surface area contributed by atoms with Gasteiger partial charge in [-0.25, -0.2) is 8.42 Å². The van der Waals surface area contributed by atoms with Gasteiger partial charge in [0, 0.05) is 6.20 Å². The second-order valence-corrected chi connectivity index (χ2v) is 9.36. The Morgan fingerprint density at radius 3 is 2.41 bits per heavy atom. The number of fused-ring (bicyclic) bond motifs is 1. The fourth-order valence-electron chi connectivity index (χ4n) is 4.24. The molecule has 0 bridgehead atoms. The number of carbonyl (C=O) groups excluding carboxylic acids is 2. The van der Waals surface area contributed by atoms with E-state index in [9.17, 15) is 18.0 Å². The summed E-state index contributed by atoms with van der Waals surface area (Å²) < 4.78 is 28.2. The molecule has 29 heavy (non-hydrogen) atoms. The quantitative estimate of drug-likeness (QED) is 0.761. The first kappa shape index (κ1) is 19.6. The van der Waals surface area contributed by atoms with Gasteiger partial charge in [-0.05, 0) is 49.1 Å². The van der Waals surface area contributed by atoms with Crippen LogP contribution in [0.5, 0.6) is 0 Å². The maximum absolute atomic E-state index is 12.9. The highest BCUT2D eigenvalue weighted by Gasteiger charge is 2.47. The number of rotatable bonds is 5. The van der Waals surface area contributed by atoms with Gasteiger partial charge in [-0.15, -0.1) is 0 Å². The summed E-state index contributed by atoms with van der Waals surface area (Å²) in [6.45, 7) is 1.81. The third kappa shape index (κ3) is 3.76. The first-order valence-electron chi connectivity index (χ1n) is 9.74. The number of pyridine rings is 1. The van der Waals surface area contributed by atoms with Crippen LogP contribution in [0.15, 0.2) is 47.6 Å². The molecule has 2 atom stereocenters. The lowest BCUT2D eigenvalue weighted by Crippen LogP contribution is -2.30. The minimum Gasteiger partial charge on any atom is -0.278 e. The summed E-state index contributed by atoms with van der Waals surface area (Å²) in [5.74, 6) is -0.675. The average Bonchev–Trinajstić information content (AvgIpc) is 2.95. The molecule has 2 heterocycles. The molecule has 4 rings (SSSR count). The van der Waals surface area contributed by atoms with E-state index in [-0.39, 0.29) is 35.1 Å². The van der Waals surface area contributed by atoms with Crippen molar-refractivity contribution in [3.05, 3.63) is 53.9 Å². The van der Waals surface area contributed by atoms with Crippen molar-refractivity contribution < 1.29 is 18.0 Å². The van der Waals surface area contributed by atoms with Gasteiger partial charge < -0.3 is 0 Å². The zero-order chi connectivity index (χ0) is 20.6. The molecule has 2 amide bonds. The Morgan fingerprint density at radius 1 is 1.10 bits per heavy atom. The Labute approximate surface area is 170 Å². The fourth-order valence-corrected chi connectivity index (χ4v) is 5.57. The molecule has 0 radical (unpaired) electrons. The van der Waals surface area contributed by atoms with Crippen molar-refractivity contribution in [1.29, 1.82) is 0 Å². The van der Waals surface area contributed by atoms with Crippen LogP contribution in [0, 0.1) is 18.8 Å². The van der Waals surface area contributed by atoms with Crippen LogP contribution in [0.3, 0.4) is 0 Å². The molecule has 152 valence electrons. The first-order chi connectivity index (χ1) is 13.9. The Kier molecular flexibility index (Phi) is 5.12. The second kappa shape index (κ2) is 7.59. The van der Waals surface area contributed by atoms with E-state index in [1.165, 1.54) is 17.2 Å². The van der Waals surface area contributed by atoms with Crippen LogP contribution in [0.4, 0.5) is 5.69 Å². The third-order valence-corrected chi connectivity index (χ3v) is 7.25. The minimum atomic E-state index is -3.83. The molecule has 2 aliphatic rings. The number of carbonyl (C=O) groups is 2. The molecule has 1 aromatic carbocycles. The molecule has 7 nitrogen and oxygen atoms in total. The lowest BCUT2D eigenvalue weighted by Gasteiger charge is -2.19. The molecule has 8 heteroatoms. The van der Waals surface area contributed by atoms with Crippen LogP contribution in [-0.2, 0) is 26.2 Å². The van der Waals surface area contributed by atoms with E-state index < -0.39 is 10.0 Å². The van der Waals surface area contributed by atoms with Crippen molar-refractivity contribution in [2.24, 2.45) is 11.8 Å².